The molecule has 1 aliphatic carbocycles. The monoisotopic (exact) mass is 359 g/mol. The van der Waals surface area contributed by atoms with Crippen LogP contribution in [0.4, 0.5) is 4.79 Å². The molecule has 8 nitrogen and oxygen atoms in total. The maximum absolute atomic E-state index is 12.6. The first kappa shape index (κ1) is 17.1. The molecule has 3 aliphatic rings. The van der Waals surface area contributed by atoms with Gasteiger partial charge < -0.3 is 19.9 Å². The van der Waals surface area contributed by atoms with E-state index >= 15 is 0 Å². The lowest BCUT2D eigenvalue weighted by Crippen LogP contribution is -2.46. The van der Waals surface area contributed by atoms with Gasteiger partial charge in [0.05, 0.1) is 6.04 Å². The third-order valence-electron chi connectivity index (χ3n) is 5.78. The van der Waals surface area contributed by atoms with Crippen molar-refractivity contribution in [3.8, 4) is 5.88 Å². The quantitative estimate of drug-likeness (QED) is 0.868. The average Bonchev–Trinajstić information content (AvgIpc) is 3.31. The summed E-state index contributed by atoms with van der Waals surface area (Å²) in [5.74, 6) is 0.907. The first-order valence-corrected chi connectivity index (χ1v) is 9.31. The van der Waals surface area contributed by atoms with E-state index in [0.29, 0.717) is 30.8 Å². The number of aromatic nitrogens is 2. The molecule has 0 spiro atoms. The van der Waals surface area contributed by atoms with Crippen LogP contribution in [-0.2, 0) is 4.79 Å². The van der Waals surface area contributed by atoms with Crippen molar-refractivity contribution in [2.24, 2.45) is 5.92 Å². The minimum atomic E-state index is -0.608. The molecule has 3 atom stereocenters. The number of hydrogen-bond donors (Lipinski definition) is 1. The van der Waals surface area contributed by atoms with Crippen molar-refractivity contribution < 1.29 is 14.3 Å². The average molecular weight is 359 g/mol. The maximum atomic E-state index is 12.6. The van der Waals surface area contributed by atoms with E-state index in [4.69, 9.17) is 4.74 Å². The number of likely N-dealkylation sites (N-methyl/N-ethyl adjacent to an activating group) is 1. The Labute approximate surface area is 152 Å². The van der Waals surface area contributed by atoms with Crippen LogP contribution in [0.15, 0.2) is 12.3 Å². The van der Waals surface area contributed by atoms with Gasteiger partial charge >= 0.3 is 6.03 Å². The standard InChI is InChI=1S/C18H25N5O3/c1-11-19-8-7-15(20-11)26-16-13-9-23(10-14(13)22(2)17(16)24)18(25)21-12-5-3-4-6-12/h7-8,12-14,16H,3-6,9-10H2,1-2H3,(H,21,25)/t13-,14+,16-/m0/s1. The fourth-order valence-electron chi connectivity index (χ4n) is 4.34. The van der Waals surface area contributed by atoms with Crippen LogP contribution in [0.25, 0.3) is 0 Å². The fourth-order valence-corrected chi connectivity index (χ4v) is 4.34. The van der Waals surface area contributed by atoms with Gasteiger partial charge in [0.1, 0.15) is 5.82 Å². The summed E-state index contributed by atoms with van der Waals surface area (Å²) < 4.78 is 5.91. The Balaban J connectivity index is 1.44. The molecule has 0 radical (unpaired) electrons. The van der Waals surface area contributed by atoms with Gasteiger partial charge in [-0.05, 0) is 19.8 Å². The molecule has 26 heavy (non-hydrogen) atoms. The van der Waals surface area contributed by atoms with Crippen LogP contribution >= 0.6 is 0 Å². The molecule has 2 saturated heterocycles. The minimum absolute atomic E-state index is 0.00948. The molecule has 1 saturated carbocycles. The van der Waals surface area contributed by atoms with Gasteiger partial charge in [-0.3, -0.25) is 4.79 Å². The van der Waals surface area contributed by atoms with E-state index in [1.54, 1.807) is 31.1 Å². The Morgan fingerprint density at radius 1 is 1.31 bits per heavy atom. The highest BCUT2D eigenvalue weighted by Crippen LogP contribution is 2.34. The lowest BCUT2D eigenvalue weighted by Gasteiger charge is -2.24. The van der Waals surface area contributed by atoms with Crippen LogP contribution in [0, 0.1) is 12.8 Å². The topological polar surface area (TPSA) is 87.7 Å². The highest BCUT2D eigenvalue weighted by Gasteiger charge is 2.53. The number of nitrogens with zero attached hydrogens (tertiary/aromatic N) is 4. The molecule has 1 aromatic heterocycles. The number of carbonyl (C=O) groups excluding carboxylic acids is 2. The largest absolute Gasteiger partial charge is 0.464 e. The van der Waals surface area contributed by atoms with Gasteiger partial charge in [-0.25, -0.2) is 9.78 Å². The number of rotatable bonds is 3. The van der Waals surface area contributed by atoms with Gasteiger partial charge in [-0.2, -0.15) is 4.98 Å². The summed E-state index contributed by atoms with van der Waals surface area (Å²) in [4.78, 5) is 37.0. The number of hydrogen-bond acceptors (Lipinski definition) is 5. The van der Waals surface area contributed by atoms with E-state index < -0.39 is 6.10 Å². The second kappa shape index (κ2) is 6.74. The van der Waals surface area contributed by atoms with E-state index in [-0.39, 0.29) is 23.9 Å². The summed E-state index contributed by atoms with van der Waals surface area (Å²) in [6, 6.07) is 1.92. The van der Waals surface area contributed by atoms with Crippen LogP contribution in [-0.4, -0.2) is 70.0 Å². The summed E-state index contributed by atoms with van der Waals surface area (Å²) in [5.41, 5.74) is 0. The summed E-state index contributed by atoms with van der Waals surface area (Å²) in [7, 11) is 1.78. The molecule has 0 aromatic carbocycles. The molecule has 2 aliphatic heterocycles. The fraction of sp³-hybridized carbons (Fsp3) is 0.667. The van der Waals surface area contributed by atoms with Crippen LogP contribution in [0.1, 0.15) is 31.5 Å². The van der Waals surface area contributed by atoms with Gasteiger partial charge in [-0.15, -0.1) is 0 Å². The highest BCUT2D eigenvalue weighted by molar-refractivity contribution is 5.85. The first-order valence-electron chi connectivity index (χ1n) is 9.31. The summed E-state index contributed by atoms with van der Waals surface area (Å²) in [6.45, 7) is 2.85. The van der Waals surface area contributed by atoms with Crippen LogP contribution in [0.2, 0.25) is 0 Å². The zero-order valence-electron chi connectivity index (χ0n) is 15.2. The molecule has 3 amide bonds. The molecule has 1 N–H and O–H groups in total. The lowest BCUT2D eigenvalue weighted by molar-refractivity contribution is -0.134. The third-order valence-corrected chi connectivity index (χ3v) is 5.78. The van der Waals surface area contributed by atoms with E-state index in [9.17, 15) is 9.59 Å². The number of amides is 3. The van der Waals surface area contributed by atoms with Crippen LogP contribution in [0.5, 0.6) is 5.88 Å². The normalized spacial score (nSPS) is 28.5. The van der Waals surface area contributed by atoms with Crippen molar-refractivity contribution in [1.29, 1.82) is 0 Å². The van der Waals surface area contributed by atoms with Gasteiger partial charge in [0.25, 0.3) is 5.91 Å². The van der Waals surface area contributed by atoms with Crippen LogP contribution < -0.4 is 10.1 Å². The lowest BCUT2D eigenvalue weighted by atomic mass is 10.0. The number of fused-ring (bicyclic) bond motifs is 1. The number of aryl methyl sites for hydroxylation is 1. The number of urea groups is 1. The van der Waals surface area contributed by atoms with E-state index in [1.807, 2.05) is 4.90 Å². The molecule has 0 unspecified atom stereocenters. The number of carbonyl (C=O) groups is 2. The van der Waals surface area contributed by atoms with Gasteiger partial charge in [0, 0.05) is 44.4 Å². The number of nitrogens with one attached hydrogen (secondary N) is 1. The van der Waals surface area contributed by atoms with E-state index in [0.717, 1.165) is 12.8 Å². The summed E-state index contributed by atoms with van der Waals surface area (Å²) >= 11 is 0. The second-order valence-corrected chi connectivity index (χ2v) is 7.50. The van der Waals surface area contributed by atoms with Gasteiger partial charge in [-0.1, -0.05) is 12.8 Å². The predicted molar refractivity (Wildman–Crippen MR) is 93.6 cm³/mol. The van der Waals surface area contributed by atoms with Crippen molar-refractivity contribution in [2.45, 2.75) is 50.8 Å². The van der Waals surface area contributed by atoms with E-state index in [2.05, 4.69) is 15.3 Å². The molecule has 1 aromatic rings. The Hall–Kier alpha value is -2.38. The van der Waals surface area contributed by atoms with Gasteiger partial charge in [0.15, 0.2) is 6.10 Å². The highest BCUT2D eigenvalue weighted by atomic mass is 16.5. The Kier molecular flexibility index (Phi) is 4.42. The Morgan fingerprint density at radius 3 is 2.81 bits per heavy atom. The molecular weight excluding hydrogens is 334 g/mol. The van der Waals surface area contributed by atoms with Crippen molar-refractivity contribution in [2.75, 3.05) is 20.1 Å². The zero-order valence-corrected chi connectivity index (χ0v) is 15.2. The second-order valence-electron chi connectivity index (χ2n) is 7.50. The number of likely N-dealkylation sites (tertiary alicyclic amines) is 2. The zero-order chi connectivity index (χ0) is 18.3. The molecule has 3 heterocycles. The minimum Gasteiger partial charge on any atom is -0.464 e. The number of ether oxygens (including phenoxy) is 1. The first-order chi connectivity index (χ1) is 12.5. The van der Waals surface area contributed by atoms with Crippen molar-refractivity contribution in [1.82, 2.24) is 25.1 Å². The molecule has 8 heteroatoms. The molecule has 0 bridgehead atoms. The molecular formula is C18H25N5O3. The van der Waals surface area contributed by atoms with Crippen LogP contribution in [0.3, 0.4) is 0 Å². The van der Waals surface area contributed by atoms with Gasteiger partial charge in [0.2, 0.25) is 5.88 Å². The smallest absolute Gasteiger partial charge is 0.317 e. The Morgan fingerprint density at radius 2 is 2.08 bits per heavy atom. The van der Waals surface area contributed by atoms with Crippen molar-refractivity contribution >= 4 is 11.9 Å². The SMILES string of the molecule is Cc1nccc(O[C@@H]2C(=O)N(C)[C@@H]3CN(C(=O)NC4CCCC4)C[C@H]23)n1. The third kappa shape index (κ3) is 3.08. The summed E-state index contributed by atoms with van der Waals surface area (Å²) in [5, 5.41) is 3.13. The Bertz CT molecular complexity index is 706. The predicted octanol–water partition coefficient (Wildman–Crippen LogP) is 0.957. The van der Waals surface area contributed by atoms with Crippen molar-refractivity contribution in [3.05, 3.63) is 18.1 Å². The maximum Gasteiger partial charge on any atom is 0.317 e. The molecule has 4 rings (SSSR count). The molecule has 3 fully saturated rings. The van der Waals surface area contributed by atoms with E-state index in [1.165, 1.54) is 12.8 Å². The molecule has 140 valence electrons. The van der Waals surface area contributed by atoms with Crippen molar-refractivity contribution in [3.63, 3.8) is 0 Å². The summed E-state index contributed by atoms with van der Waals surface area (Å²) in [6.07, 6.45) is 5.49.